The van der Waals surface area contributed by atoms with Crippen LogP contribution in [-0.4, -0.2) is 50.6 Å². The molecule has 0 spiro atoms. The summed E-state index contributed by atoms with van der Waals surface area (Å²) in [7, 11) is -1.51. The van der Waals surface area contributed by atoms with Gasteiger partial charge in [0, 0.05) is 17.5 Å². The Morgan fingerprint density at radius 3 is 2.47 bits per heavy atom. The zero-order valence-corrected chi connectivity index (χ0v) is 19.0. The maximum Gasteiger partial charge on any atom is 0.238 e. The first kappa shape index (κ1) is 22.7. The number of hydrogen-bond acceptors (Lipinski definition) is 5. The van der Waals surface area contributed by atoms with Gasteiger partial charge in [-0.2, -0.15) is 0 Å². The van der Waals surface area contributed by atoms with Gasteiger partial charge in [-0.15, -0.1) is 0 Å². The second kappa shape index (κ2) is 8.67. The van der Waals surface area contributed by atoms with Crippen molar-refractivity contribution in [2.24, 2.45) is 5.14 Å². The maximum atomic E-state index is 11.4. The highest BCUT2D eigenvalue weighted by molar-refractivity contribution is 7.89. The average Bonchev–Trinajstić information content (AvgIpc) is 2.69. The van der Waals surface area contributed by atoms with Crippen LogP contribution in [0.15, 0.2) is 47.4 Å². The van der Waals surface area contributed by atoms with Gasteiger partial charge in [0.05, 0.1) is 4.90 Å². The average molecular weight is 432 g/mol. The van der Waals surface area contributed by atoms with Gasteiger partial charge < -0.3 is 15.3 Å². The lowest BCUT2D eigenvalue weighted by Gasteiger charge is -2.48. The van der Waals surface area contributed by atoms with Crippen molar-refractivity contribution in [3.63, 3.8) is 0 Å². The van der Waals surface area contributed by atoms with Crippen molar-refractivity contribution in [3.8, 4) is 5.75 Å². The Hall–Kier alpha value is -1.93. The van der Waals surface area contributed by atoms with Gasteiger partial charge in [0.25, 0.3) is 0 Å². The second-order valence-corrected chi connectivity index (χ2v) is 10.3. The van der Waals surface area contributed by atoms with Crippen LogP contribution in [0.5, 0.6) is 5.75 Å². The van der Waals surface area contributed by atoms with Crippen LogP contribution in [0, 0.1) is 0 Å². The number of phenols is 1. The first-order valence-electron chi connectivity index (χ1n) is 10.4. The van der Waals surface area contributed by atoms with E-state index in [1.54, 1.807) is 18.2 Å². The van der Waals surface area contributed by atoms with Crippen LogP contribution in [0.25, 0.3) is 0 Å². The lowest BCUT2D eigenvalue weighted by molar-refractivity contribution is 0.140. The molecule has 0 saturated carbocycles. The van der Waals surface area contributed by atoms with Gasteiger partial charge in [-0.25, -0.2) is 13.6 Å². The number of rotatable bonds is 7. The van der Waals surface area contributed by atoms with Crippen LogP contribution >= 0.6 is 0 Å². The summed E-state index contributed by atoms with van der Waals surface area (Å²) in [5, 5.41) is 19.0. The number of nitrogens with zero attached hydrogens (tertiary/aromatic N) is 1. The van der Waals surface area contributed by atoms with Crippen molar-refractivity contribution >= 4 is 10.0 Å². The molecule has 0 unspecified atom stereocenters. The van der Waals surface area contributed by atoms with E-state index in [9.17, 15) is 13.5 Å². The minimum absolute atomic E-state index is 0.133. The van der Waals surface area contributed by atoms with Gasteiger partial charge in [-0.3, -0.25) is 0 Å². The summed E-state index contributed by atoms with van der Waals surface area (Å²) in [5.74, 6) is 0.304. The van der Waals surface area contributed by atoms with Gasteiger partial charge in [-0.1, -0.05) is 39.0 Å². The molecule has 0 amide bonds. The molecule has 4 N–H and O–H groups in total. The Balaban J connectivity index is 1.78. The number of likely N-dealkylation sites (N-methyl/N-ethyl adjacent to an activating group) is 1. The van der Waals surface area contributed by atoms with E-state index >= 15 is 0 Å². The lowest BCUT2D eigenvalue weighted by atomic mass is 9.66. The molecule has 0 bridgehead atoms. The zero-order valence-electron chi connectivity index (χ0n) is 18.2. The molecule has 2 aromatic rings. The predicted molar refractivity (Wildman–Crippen MR) is 120 cm³/mol. The van der Waals surface area contributed by atoms with Gasteiger partial charge in [-0.05, 0) is 73.9 Å². The number of nitrogens with one attached hydrogen (secondary N) is 1. The third-order valence-corrected chi connectivity index (χ3v) is 7.40. The minimum Gasteiger partial charge on any atom is -0.508 e. The molecule has 1 aliphatic rings. The largest absolute Gasteiger partial charge is 0.508 e. The third kappa shape index (κ3) is 4.70. The molecular weight excluding hydrogens is 398 g/mol. The molecule has 0 aliphatic heterocycles. The van der Waals surface area contributed by atoms with Gasteiger partial charge in [0.15, 0.2) is 0 Å². The Morgan fingerprint density at radius 2 is 1.87 bits per heavy atom. The highest BCUT2D eigenvalue weighted by Gasteiger charge is 2.43. The number of nitrogens with two attached hydrogens (primary N) is 1. The van der Waals surface area contributed by atoms with E-state index in [1.165, 1.54) is 11.1 Å². The van der Waals surface area contributed by atoms with Gasteiger partial charge in [0.1, 0.15) is 5.75 Å². The normalized spacial score (nSPS) is 20.9. The third-order valence-electron chi connectivity index (χ3n) is 6.47. The topological polar surface area (TPSA) is 95.7 Å². The molecule has 0 fully saturated rings. The highest BCUT2D eigenvalue weighted by Crippen LogP contribution is 2.40. The fraction of sp³-hybridized carbons (Fsp3) is 0.478. The van der Waals surface area contributed by atoms with Crippen molar-refractivity contribution in [1.82, 2.24) is 10.2 Å². The van der Waals surface area contributed by atoms with E-state index in [1.807, 2.05) is 24.3 Å². The van der Waals surface area contributed by atoms with Crippen molar-refractivity contribution in [2.45, 2.75) is 56.0 Å². The number of hydrogen-bond donors (Lipinski definition) is 3. The van der Waals surface area contributed by atoms with Crippen LogP contribution in [0.3, 0.4) is 0 Å². The molecule has 1 aliphatic carbocycles. The predicted octanol–water partition coefficient (Wildman–Crippen LogP) is 2.39. The highest BCUT2D eigenvalue weighted by atomic mass is 32.2. The molecule has 2 atom stereocenters. The van der Waals surface area contributed by atoms with Crippen molar-refractivity contribution < 1.29 is 13.5 Å². The van der Waals surface area contributed by atoms with Crippen molar-refractivity contribution in [3.05, 3.63) is 59.2 Å². The van der Waals surface area contributed by atoms with E-state index in [4.69, 9.17) is 5.14 Å². The molecule has 0 radical (unpaired) electrons. The van der Waals surface area contributed by atoms with E-state index in [0.717, 1.165) is 31.5 Å². The summed E-state index contributed by atoms with van der Waals surface area (Å²) in [6.45, 7) is 8.37. The molecule has 0 heterocycles. The fourth-order valence-corrected chi connectivity index (χ4v) is 5.10. The van der Waals surface area contributed by atoms with Crippen LogP contribution in [0.2, 0.25) is 0 Å². The van der Waals surface area contributed by atoms with Crippen LogP contribution in [0.4, 0.5) is 0 Å². The number of aromatic hydroxyl groups is 1. The van der Waals surface area contributed by atoms with Crippen molar-refractivity contribution in [1.29, 1.82) is 0 Å². The Kier molecular flexibility index (Phi) is 6.57. The minimum atomic E-state index is -3.67. The Labute approximate surface area is 180 Å². The standard InChI is InChI=1S/C23H33N3O3S/c1-5-26(4)21-14-17-8-9-18(27)15-20(17)23(2,3)22(21)25-13-12-16-6-10-19(11-7-16)30(24,28)29/h6-11,15,21-22,25,27H,5,12-14H2,1-4H3,(H2,24,28,29)/t21-,22-/m0/s1. The molecule has 30 heavy (non-hydrogen) atoms. The Bertz CT molecular complexity index is 987. The number of benzene rings is 2. The van der Waals surface area contributed by atoms with E-state index in [0.29, 0.717) is 11.8 Å². The monoisotopic (exact) mass is 431 g/mol. The first-order chi connectivity index (χ1) is 14.0. The summed E-state index contributed by atoms with van der Waals surface area (Å²) in [6.07, 6.45) is 1.72. The van der Waals surface area contributed by atoms with Crippen LogP contribution < -0.4 is 10.5 Å². The summed E-state index contributed by atoms with van der Waals surface area (Å²) in [4.78, 5) is 2.52. The van der Waals surface area contributed by atoms with E-state index < -0.39 is 10.0 Å². The smallest absolute Gasteiger partial charge is 0.238 e. The van der Waals surface area contributed by atoms with Crippen LogP contribution in [-0.2, 0) is 28.3 Å². The quantitative estimate of drug-likeness (QED) is 0.626. The number of primary sulfonamides is 1. The van der Waals surface area contributed by atoms with E-state index in [2.05, 4.69) is 38.0 Å². The number of sulfonamides is 1. The second-order valence-electron chi connectivity index (χ2n) is 8.78. The zero-order chi connectivity index (χ0) is 22.1. The molecule has 6 nitrogen and oxygen atoms in total. The maximum absolute atomic E-state index is 11.4. The number of fused-ring (bicyclic) bond motifs is 1. The van der Waals surface area contributed by atoms with Crippen LogP contribution in [0.1, 0.15) is 37.5 Å². The fourth-order valence-electron chi connectivity index (χ4n) is 4.59. The molecule has 3 rings (SSSR count). The van der Waals surface area contributed by atoms with Gasteiger partial charge in [0.2, 0.25) is 10.0 Å². The summed E-state index contributed by atoms with van der Waals surface area (Å²) < 4.78 is 22.9. The molecule has 0 aromatic heterocycles. The number of phenolic OH excluding ortho intramolecular Hbond substituents is 1. The van der Waals surface area contributed by atoms with Crippen molar-refractivity contribution in [2.75, 3.05) is 20.1 Å². The van der Waals surface area contributed by atoms with E-state index in [-0.39, 0.29) is 16.4 Å². The van der Waals surface area contributed by atoms with Gasteiger partial charge >= 0.3 is 0 Å². The molecule has 164 valence electrons. The molecule has 0 saturated heterocycles. The summed E-state index contributed by atoms with van der Waals surface area (Å²) in [5.41, 5.74) is 3.39. The Morgan fingerprint density at radius 1 is 1.20 bits per heavy atom. The molecule has 7 heteroatoms. The summed E-state index contributed by atoms with van der Waals surface area (Å²) in [6, 6.07) is 13.0. The molecular formula is C23H33N3O3S. The molecule has 2 aromatic carbocycles. The lowest BCUT2D eigenvalue weighted by Crippen LogP contribution is -2.61. The summed E-state index contributed by atoms with van der Waals surface area (Å²) >= 11 is 0. The SMILES string of the molecule is CCN(C)[C@H]1Cc2ccc(O)cc2C(C)(C)[C@H]1NCCc1ccc(S(N)(=O)=O)cc1. The first-order valence-corrected chi connectivity index (χ1v) is 12.0.